The Morgan fingerprint density at radius 3 is 2.60 bits per heavy atom. The smallest absolute Gasteiger partial charge is 0.0147 e. The van der Waals surface area contributed by atoms with E-state index in [4.69, 9.17) is 12.6 Å². The molecule has 0 spiro atoms. The zero-order valence-electron chi connectivity index (χ0n) is 10.7. The van der Waals surface area contributed by atoms with E-state index in [9.17, 15) is 0 Å². The molecule has 15 heavy (non-hydrogen) atoms. The third-order valence-corrected chi connectivity index (χ3v) is 4.34. The second-order valence-electron chi connectivity index (χ2n) is 5.60. The van der Waals surface area contributed by atoms with E-state index in [1.165, 1.54) is 25.7 Å². The minimum Gasteiger partial charge on any atom is -0.314 e. The summed E-state index contributed by atoms with van der Waals surface area (Å²) in [6, 6.07) is 0.682. The van der Waals surface area contributed by atoms with Gasteiger partial charge < -0.3 is 5.32 Å². The molecule has 1 aliphatic rings. The van der Waals surface area contributed by atoms with Crippen LogP contribution in [0.25, 0.3) is 0 Å². The fourth-order valence-corrected chi connectivity index (χ4v) is 3.81. The van der Waals surface area contributed by atoms with Gasteiger partial charge in [-0.2, -0.15) is 12.6 Å². The molecule has 0 aromatic rings. The first-order chi connectivity index (χ1) is 6.97. The van der Waals surface area contributed by atoms with E-state index in [1.807, 2.05) is 0 Å². The Balaban J connectivity index is 2.66. The van der Waals surface area contributed by atoms with Gasteiger partial charge in [0.25, 0.3) is 0 Å². The summed E-state index contributed by atoms with van der Waals surface area (Å²) in [6.07, 6.45) is 5.25. The topological polar surface area (TPSA) is 12.0 Å². The molecule has 2 heteroatoms. The lowest BCUT2D eigenvalue weighted by atomic mass is 9.80. The molecule has 3 unspecified atom stereocenters. The lowest BCUT2D eigenvalue weighted by molar-refractivity contribution is 0.280. The van der Waals surface area contributed by atoms with Crippen molar-refractivity contribution in [1.29, 1.82) is 0 Å². The summed E-state index contributed by atoms with van der Waals surface area (Å²) in [5, 5.41) is 3.59. The van der Waals surface area contributed by atoms with Crippen LogP contribution < -0.4 is 5.32 Å². The minimum absolute atomic E-state index is 0.206. The van der Waals surface area contributed by atoms with Gasteiger partial charge in [-0.3, -0.25) is 0 Å². The highest BCUT2D eigenvalue weighted by Gasteiger charge is 2.36. The van der Waals surface area contributed by atoms with Crippen LogP contribution in [0.1, 0.15) is 53.4 Å². The number of nitrogens with one attached hydrogen (secondary N) is 1. The molecule has 1 saturated carbocycles. The van der Waals surface area contributed by atoms with Gasteiger partial charge in [0, 0.05) is 10.8 Å². The first-order valence-corrected chi connectivity index (χ1v) is 6.88. The molecule has 0 radical (unpaired) electrons. The number of thiol groups is 1. The lowest BCUT2D eigenvalue weighted by Gasteiger charge is -2.36. The zero-order chi connectivity index (χ0) is 11.5. The van der Waals surface area contributed by atoms with Crippen LogP contribution in [0.15, 0.2) is 0 Å². The van der Waals surface area contributed by atoms with E-state index in [0.717, 1.165) is 18.4 Å². The third kappa shape index (κ3) is 3.67. The molecule has 0 amide bonds. The molecule has 1 aliphatic carbocycles. The maximum Gasteiger partial charge on any atom is 0.0147 e. The zero-order valence-corrected chi connectivity index (χ0v) is 11.6. The number of rotatable bonds is 3. The van der Waals surface area contributed by atoms with Crippen LogP contribution in [0.3, 0.4) is 0 Å². The standard InChI is InChI=1S/C13H27NS/c1-5-14-11-7-6-8-12(10(2)3)13(4,15)9-11/h10-12,14-15H,5-9H2,1-4H3. The maximum absolute atomic E-state index is 4.93. The highest BCUT2D eigenvalue weighted by molar-refractivity contribution is 7.81. The van der Waals surface area contributed by atoms with Crippen molar-refractivity contribution >= 4 is 12.6 Å². The first kappa shape index (κ1) is 13.4. The Morgan fingerprint density at radius 1 is 1.40 bits per heavy atom. The van der Waals surface area contributed by atoms with Gasteiger partial charge in [-0.05, 0) is 37.6 Å². The molecule has 0 aromatic carbocycles. The molecular formula is C13H27NS. The largest absolute Gasteiger partial charge is 0.314 e. The normalized spacial score (nSPS) is 38.0. The van der Waals surface area contributed by atoms with Crippen LogP contribution in [0, 0.1) is 11.8 Å². The molecule has 0 saturated heterocycles. The second kappa shape index (κ2) is 5.58. The highest BCUT2D eigenvalue weighted by Crippen LogP contribution is 2.41. The molecule has 0 bridgehead atoms. The van der Waals surface area contributed by atoms with Crippen LogP contribution in [0.2, 0.25) is 0 Å². The van der Waals surface area contributed by atoms with Crippen molar-refractivity contribution in [1.82, 2.24) is 5.32 Å². The summed E-state index contributed by atoms with van der Waals surface area (Å²) in [5.41, 5.74) is 0. The van der Waals surface area contributed by atoms with Gasteiger partial charge >= 0.3 is 0 Å². The molecule has 3 atom stereocenters. The quantitative estimate of drug-likeness (QED) is 0.557. The Labute approximate surface area is 101 Å². The summed E-state index contributed by atoms with van der Waals surface area (Å²) in [4.78, 5) is 0. The van der Waals surface area contributed by atoms with E-state index in [1.54, 1.807) is 0 Å². The highest BCUT2D eigenvalue weighted by atomic mass is 32.1. The van der Waals surface area contributed by atoms with Crippen molar-refractivity contribution in [2.75, 3.05) is 6.54 Å². The van der Waals surface area contributed by atoms with Crippen LogP contribution in [-0.4, -0.2) is 17.3 Å². The van der Waals surface area contributed by atoms with Gasteiger partial charge in [0.05, 0.1) is 0 Å². The first-order valence-electron chi connectivity index (χ1n) is 6.43. The predicted octanol–water partition coefficient (Wildman–Crippen LogP) is 3.50. The average molecular weight is 229 g/mol. The summed E-state index contributed by atoms with van der Waals surface area (Å²) in [6.45, 7) is 10.3. The van der Waals surface area contributed by atoms with Gasteiger partial charge in [0.2, 0.25) is 0 Å². The summed E-state index contributed by atoms with van der Waals surface area (Å²) in [7, 11) is 0. The van der Waals surface area contributed by atoms with Gasteiger partial charge in [-0.25, -0.2) is 0 Å². The molecule has 1 fully saturated rings. The lowest BCUT2D eigenvalue weighted by Crippen LogP contribution is -2.38. The van der Waals surface area contributed by atoms with Crippen LogP contribution in [0.4, 0.5) is 0 Å². The maximum atomic E-state index is 4.93. The average Bonchev–Trinajstić information content (AvgIpc) is 2.23. The molecule has 1 rings (SSSR count). The fourth-order valence-electron chi connectivity index (χ4n) is 3.16. The SMILES string of the molecule is CCNC1CCCC(C(C)C)C(C)(S)C1. The third-order valence-electron chi connectivity index (χ3n) is 3.82. The molecule has 90 valence electrons. The van der Waals surface area contributed by atoms with Gasteiger partial charge in [0.15, 0.2) is 0 Å². The summed E-state index contributed by atoms with van der Waals surface area (Å²) in [5.74, 6) is 1.53. The summed E-state index contributed by atoms with van der Waals surface area (Å²) >= 11 is 4.93. The fraction of sp³-hybridized carbons (Fsp3) is 1.00. The molecule has 0 aromatic heterocycles. The number of hydrogen-bond acceptors (Lipinski definition) is 2. The Kier molecular flexibility index (Phi) is 4.98. The van der Waals surface area contributed by atoms with E-state index >= 15 is 0 Å². The number of hydrogen-bond donors (Lipinski definition) is 2. The van der Waals surface area contributed by atoms with Crippen LogP contribution in [-0.2, 0) is 0 Å². The summed E-state index contributed by atoms with van der Waals surface area (Å²) < 4.78 is 0.206. The van der Waals surface area contributed by atoms with Crippen molar-refractivity contribution in [3.05, 3.63) is 0 Å². The van der Waals surface area contributed by atoms with E-state index < -0.39 is 0 Å². The molecule has 1 N–H and O–H groups in total. The van der Waals surface area contributed by atoms with Crippen LogP contribution in [0.5, 0.6) is 0 Å². The van der Waals surface area contributed by atoms with Crippen molar-refractivity contribution in [3.8, 4) is 0 Å². The van der Waals surface area contributed by atoms with Gasteiger partial charge in [-0.15, -0.1) is 0 Å². The second-order valence-corrected chi connectivity index (χ2v) is 6.62. The Hall–Kier alpha value is 0.310. The van der Waals surface area contributed by atoms with Crippen molar-refractivity contribution < 1.29 is 0 Å². The van der Waals surface area contributed by atoms with Crippen molar-refractivity contribution in [2.24, 2.45) is 11.8 Å². The van der Waals surface area contributed by atoms with Crippen LogP contribution >= 0.6 is 12.6 Å². The van der Waals surface area contributed by atoms with E-state index in [2.05, 4.69) is 33.0 Å². The molecular weight excluding hydrogens is 202 g/mol. The Bertz CT molecular complexity index is 189. The monoisotopic (exact) mass is 229 g/mol. The van der Waals surface area contributed by atoms with E-state index in [-0.39, 0.29) is 4.75 Å². The van der Waals surface area contributed by atoms with Crippen molar-refractivity contribution in [2.45, 2.75) is 64.2 Å². The van der Waals surface area contributed by atoms with E-state index in [0.29, 0.717) is 6.04 Å². The van der Waals surface area contributed by atoms with Gasteiger partial charge in [0.1, 0.15) is 0 Å². The molecule has 1 nitrogen and oxygen atoms in total. The molecule has 0 aliphatic heterocycles. The van der Waals surface area contributed by atoms with Gasteiger partial charge in [-0.1, -0.05) is 34.1 Å². The molecule has 0 heterocycles. The van der Waals surface area contributed by atoms with Crippen molar-refractivity contribution in [3.63, 3.8) is 0 Å². The predicted molar refractivity (Wildman–Crippen MR) is 71.7 cm³/mol. The minimum atomic E-state index is 0.206. The Morgan fingerprint density at radius 2 is 2.07 bits per heavy atom.